The second kappa shape index (κ2) is 12.9. The van der Waals surface area contributed by atoms with Crippen molar-refractivity contribution in [3.63, 3.8) is 0 Å². The molecule has 1 heterocycles. The molecule has 176 valence electrons. The molecule has 5 unspecified atom stereocenters. The van der Waals surface area contributed by atoms with Crippen LogP contribution in [-0.2, 0) is 23.4 Å². The third-order valence-electron chi connectivity index (χ3n) is 5.35. The van der Waals surface area contributed by atoms with E-state index in [1.807, 2.05) is 13.1 Å². The van der Waals surface area contributed by atoms with Gasteiger partial charge in [0.25, 0.3) is 0 Å². The minimum Gasteiger partial charge on any atom is -0.406 e. The first-order valence-corrected chi connectivity index (χ1v) is 13.1. The molecule has 1 aliphatic rings. The van der Waals surface area contributed by atoms with E-state index in [1.54, 1.807) is 0 Å². The van der Waals surface area contributed by atoms with Crippen LogP contribution in [0.1, 0.15) is 20.8 Å². The van der Waals surface area contributed by atoms with Gasteiger partial charge in [-0.2, -0.15) is 0 Å². The summed E-state index contributed by atoms with van der Waals surface area (Å²) in [6.07, 6.45) is -5.29. The highest BCUT2D eigenvalue weighted by Crippen LogP contribution is 2.39. The number of ether oxygens (including phenoxy) is 4. The zero-order valence-electron chi connectivity index (χ0n) is 18.6. The van der Waals surface area contributed by atoms with Gasteiger partial charge in [0, 0.05) is 0 Å². The number of aliphatic hydroxyl groups excluding tert-OH is 3. The van der Waals surface area contributed by atoms with Crippen molar-refractivity contribution in [1.82, 2.24) is 4.91 Å². The molecule has 12 heteroatoms. The Kier molecular flexibility index (Phi) is 11.7. The van der Waals surface area contributed by atoms with E-state index in [0.29, 0.717) is 26.4 Å². The molecule has 0 amide bonds. The van der Waals surface area contributed by atoms with E-state index >= 15 is 0 Å². The zero-order chi connectivity index (χ0) is 22.8. The summed E-state index contributed by atoms with van der Waals surface area (Å²) in [5, 5.41) is 33.7. The number of aliphatic hydroxyl groups is 3. The Morgan fingerprint density at radius 1 is 1.03 bits per heavy atom. The average molecular weight is 453 g/mol. The van der Waals surface area contributed by atoms with Crippen molar-refractivity contribution in [2.45, 2.75) is 69.6 Å². The van der Waals surface area contributed by atoms with E-state index in [2.05, 4.69) is 30.8 Å². The highest BCUT2D eigenvalue weighted by Gasteiger charge is 2.50. The number of nitrogens with zero attached hydrogens (tertiary/aromatic N) is 2. The molecular weight excluding hydrogens is 414 g/mol. The second-order valence-electron chi connectivity index (χ2n) is 8.61. The van der Waals surface area contributed by atoms with Crippen LogP contribution in [0.25, 0.3) is 0 Å². The molecule has 1 saturated heterocycles. The molecule has 1 rings (SSSR count). The maximum atomic E-state index is 10.6. The maximum absolute atomic E-state index is 10.6. The number of hydrogen-bond acceptors (Lipinski definition) is 10. The van der Waals surface area contributed by atoms with E-state index in [1.165, 1.54) is 0 Å². The van der Waals surface area contributed by atoms with Crippen LogP contribution >= 0.6 is 0 Å². The summed E-state index contributed by atoms with van der Waals surface area (Å²) in [5.41, 5.74) is 6.52. The minimum absolute atomic E-state index is 0.110. The lowest BCUT2D eigenvalue weighted by Crippen LogP contribution is -2.63. The third-order valence-corrected chi connectivity index (χ3v) is 9.82. The van der Waals surface area contributed by atoms with Crippen LogP contribution in [0.15, 0.2) is 5.11 Å². The number of hydrogen-bond donors (Lipinski definition) is 4. The van der Waals surface area contributed by atoms with Crippen molar-refractivity contribution in [2.75, 3.05) is 46.2 Å². The molecule has 1 fully saturated rings. The number of rotatable bonds is 13. The maximum Gasteiger partial charge on any atom is 0.214 e. The Balaban J connectivity index is 2.54. The summed E-state index contributed by atoms with van der Waals surface area (Å²) in [5.74, 6) is 0. The molecule has 0 bridgehead atoms. The molecule has 0 aromatic rings. The smallest absolute Gasteiger partial charge is 0.214 e. The molecule has 0 spiro atoms. The van der Waals surface area contributed by atoms with E-state index in [4.69, 9.17) is 28.9 Å². The molecule has 0 aliphatic carbocycles. The van der Waals surface area contributed by atoms with Gasteiger partial charge in [0.15, 0.2) is 14.6 Å². The standard InChI is InChI=1S/C18H38N3O8Si/c1-18(2,3)30(4,5)29-16-15(24)14(23)13(12-22)28-17(16)27-11-10-26-9-8-25-7-6-20-21-19/h13-17,19,22-24H,6-12H2,1-5H3/q+1. The Hall–Kier alpha value is -0.793. The van der Waals surface area contributed by atoms with Gasteiger partial charge >= 0.3 is 0 Å². The van der Waals surface area contributed by atoms with Crippen LogP contribution in [0, 0.1) is 5.53 Å². The van der Waals surface area contributed by atoms with Crippen LogP contribution in [0.2, 0.25) is 18.1 Å². The van der Waals surface area contributed by atoms with E-state index in [-0.39, 0.29) is 18.3 Å². The molecule has 4 N–H and O–H groups in total. The van der Waals surface area contributed by atoms with Gasteiger partial charge in [-0.25, -0.2) is 0 Å². The predicted octanol–water partition coefficient (Wildman–Crippen LogP) is 0.416. The normalized spacial score (nSPS) is 27.7. The van der Waals surface area contributed by atoms with Crippen LogP contribution in [-0.4, -0.2) is 101 Å². The summed E-state index contributed by atoms with van der Waals surface area (Å²) in [7, 11) is -2.28. The first-order chi connectivity index (χ1) is 14.0. The lowest BCUT2D eigenvalue weighted by molar-refractivity contribution is -0.299. The van der Waals surface area contributed by atoms with Crippen molar-refractivity contribution >= 4 is 8.32 Å². The molecule has 0 saturated carbocycles. The summed E-state index contributed by atoms with van der Waals surface area (Å²) in [6, 6.07) is 0. The zero-order valence-corrected chi connectivity index (χ0v) is 19.6. The first-order valence-electron chi connectivity index (χ1n) is 10.2. The summed E-state index contributed by atoms with van der Waals surface area (Å²) >= 11 is 0. The van der Waals surface area contributed by atoms with E-state index < -0.39 is 45.6 Å². The predicted molar refractivity (Wildman–Crippen MR) is 110 cm³/mol. The Labute approximate surface area is 179 Å². The molecule has 11 nitrogen and oxygen atoms in total. The molecule has 0 radical (unpaired) electrons. The minimum atomic E-state index is -2.28. The van der Waals surface area contributed by atoms with Gasteiger partial charge in [-0.05, 0) is 18.1 Å². The van der Waals surface area contributed by atoms with Crippen molar-refractivity contribution in [3.8, 4) is 0 Å². The Bertz CT molecular complexity index is 542. The van der Waals surface area contributed by atoms with Gasteiger partial charge in [0.1, 0.15) is 41.6 Å². The summed E-state index contributed by atoms with van der Waals surface area (Å²) in [4.78, 5) is 2.88. The summed E-state index contributed by atoms with van der Waals surface area (Å²) < 4.78 is 28.4. The Morgan fingerprint density at radius 3 is 2.20 bits per heavy atom. The molecule has 0 aromatic carbocycles. The van der Waals surface area contributed by atoms with Crippen LogP contribution in [0.4, 0.5) is 0 Å². The molecule has 5 atom stereocenters. The van der Waals surface area contributed by atoms with Crippen LogP contribution < -0.4 is 4.91 Å². The third kappa shape index (κ3) is 8.38. The van der Waals surface area contributed by atoms with E-state index in [0.717, 1.165) is 0 Å². The number of nitrogens with one attached hydrogen (secondary N) is 1. The van der Waals surface area contributed by atoms with E-state index in [9.17, 15) is 15.3 Å². The summed E-state index contributed by atoms with van der Waals surface area (Å²) in [6.45, 7) is 11.7. The van der Waals surface area contributed by atoms with Crippen LogP contribution in [0.5, 0.6) is 0 Å². The van der Waals surface area contributed by atoms with Crippen molar-refractivity contribution in [3.05, 3.63) is 0 Å². The highest BCUT2D eigenvalue weighted by atomic mass is 28.4. The topological polar surface area (TPSA) is 157 Å². The van der Waals surface area contributed by atoms with Crippen molar-refractivity contribution < 1.29 is 38.7 Å². The van der Waals surface area contributed by atoms with Gasteiger partial charge in [0.2, 0.25) is 4.91 Å². The first kappa shape index (κ1) is 27.2. The second-order valence-corrected chi connectivity index (χ2v) is 13.4. The van der Waals surface area contributed by atoms with Gasteiger partial charge in [-0.3, -0.25) is 0 Å². The van der Waals surface area contributed by atoms with Gasteiger partial charge in [-0.15, -0.1) is 0 Å². The van der Waals surface area contributed by atoms with Gasteiger partial charge in [-0.1, -0.05) is 20.8 Å². The van der Waals surface area contributed by atoms with Gasteiger partial charge < -0.3 is 38.7 Å². The fourth-order valence-electron chi connectivity index (χ4n) is 2.53. The fraction of sp³-hybridized carbons (Fsp3) is 1.00. The molecule has 1 aliphatic heterocycles. The average Bonchev–Trinajstić information content (AvgIpc) is 2.67. The highest BCUT2D eigenvalue weighted by molar-refractivity contribution is 6.74. The van der Waals surface area contributed by atoms with Gasteiger partial charge in [0.05, 0.1) is 39.6 Å². The molecular formula is C18H38N3O8Si+. The van der Waals surface area contributed by atoms with Crippen LogP contribution in [0.3, 0.4) is 0 Å². The lowest BCUT2D eigenvalue weighted by Gasteiger charge is -2.47. The van der Waals surface area contributed by atoms with Crippen molar-refractivity contribution in [2.24, 2.45) is 5.11 Å². The molecule has 0 aromatic heterocycles. The Morgan fingerprint density at radius 2 is 1.63 bits per heavy atom. The van der Waals surface area contributed by atoms with Crippen molar-refractivity contribution in [1.29, 1.82) is 5.53 Å². The quantitative estimate of drug-likeness (QED) is 0.135. The fourth-order valence-corrected chi connectivity index (χ4v) is 3.82. The SMILES string of the molecule is CC(C)(C)[Si](C)(C)OC1C(OCCOCCOCCN=[N+]=N)OC(CO)C(O)C1O. The monoisotopic (exact) mass is 452 g/mol. The molecule has 30 heavy (non-hydrogen) atoms. The largest absolute Gasteiger partial charge is 0.406 e. The lowest BCUT2D eigenvalue weighted by atomic mass is 9.99.